The number of nitrogens with one attached hydrogen (secondary N) is 2. The van der Waals surface area contributed by atoms with Crippen LogP contribution < -0.4 is 14.8 Å². The summed E-state index contributed by atoms with van der Waals surface area (Å²) < 4.78 is 18.2. The number of aliphatic hydroxyl groups is 1. The van der Waals surface area contributed by atoms with Gasteiger partial charge in [-0.15, -0.1) is 0 Å². The molecule has 240 valence electrons. The van der Waals surface area contributed by atoms with Gasteiger partial charge in [-0.3, -0.25) is 9.59 Å². The summed E-state index contributed by atoms with van der Waals surface area (Å²) in [6.45, 7) is 4.23. The van der Waals surface area contributed by atoms with Crippen LogP contribution >= 0.6 is 0 Å². The molecule has 3 N–H and O–H groups in total. The molecule has 0 aromatic heterocycles. The van der Waals surface area contributed by atoms with Gasteiger partial charge in [0.15, 0.2) is 23.4 Å². The maximum Gasteiger partial charge on any atom is 0.414 e. The SMILES string of the molecule is COc1ccc2c3c1OC1C(OC(=O)N(C)CCCC(=O)[C@H](CCCCC(C)=N)NC(C)=O)=CCC4(O)[C@@H](C2)N(C)CC[C@]314. The lowest BCUT2D eigenvalue weighted by molar-refractivity contribution is -0.163. The van der Waals surface area contributed by atoms with Gasteiger partial charge < -0.3 is 39.8 Å². The predicted octanol–water partition coefficient (Wildman–Crippen LogP) is 3.50. The standard InChI is InChI=1S/C33H46N4O7/c1-20(34)9-6-7-10-23(35-21(2)38)24(39)11-8-17-37(4)31(40)43-26-14-15-33(41)27-19-22-12-13-25(42-5)29-28(22)32(33,30(26)44-29)16-18-36(27)3/h12-14,23,27,30,34,41H,6-11,15-19H2,1-5H3,(H,35,38)/t23-,27+,30?,32-,33?/m0/s1. The molecule has 4 aliphatic rings. The van der Waals surface area contributed by atoms with Gasteiger partial charge in [0.1, 0.15) is 5.76 Å². The zero-order valence-electron chi connectivity index (χ0n) is 26.5. The number of hydrogen-bond acceptors (Lipinski definition) is 9. The number of unbranched alkanes of at least 4 members (excludes halogenated alkanes) is 1. The third-order valence-corrected chi connectivity index (χ3v) is 10.1. The van der Waals surface area contributed by atoms with E-state index in [0.29, 0.717) is 68.0 Å². The van der Waals surface area contributed by atoms with Gasteiger partial charge in [-0.25, -0.2) is 4.79 Å². The average molecular weight is 611 g/mol. The Bertz CT molecular complexity index is 1360. The van der Waals surface area contributed by atoms with Crippen LogP contribution in [-0.4, -0.2) is 96.5 Å². The molecule has 2 amide bonds. The first kappa shape index (κ1) is 32.0. The van der Waals surface area contributed by atoms with Crippen LogP contribution in [0, 0.1) is 5.41 Å². The van der Waals surface area contributed by atoms with Crippen molar-refractivity contribution in [1.82, 2.24) is 15.1 Å². The molecule has 1 aromatic carbocycles. The third-order valence-electron chi connectivity index (χ3n) is 10.1. The van der Waals surface area contributed by atoms with Gasteiger partial charge in [0.2, 0.25) is 5.91 Å². The normalized spacial score (nSPS) is 26.9. The first-order chi connectivity index (χ1) is 20.9. The van der Waals surface area contributed by atoms with E-state index in [4.69, 9.17) is 19.6 Å². The molecule has 44 heavy (non-hydrogen) atoms. The van der Waals surface area contributed by atoms with Crippen molar-refractivity contribution in [2.24, 2.45) is 0 Å². The van der Waals surface area contributed by atoms with E-state index in [9.17, 15) is 19.5 Å². The Morgan fingerprint density at radius 3 is 2.70 bits per heavy atom. The number of ketones is 1. The Hall–Kier alpha value is -3.44. The van der Waals surface area contributed by atoms with Crippen molar-refractivity contribution in [2.75, 3.05) is 34.3 Å². The number of ether oxygens (including phenoxy) is 3. The summed E-state index contributed by atoms with van der Waals surface area (Å²) in [5.41, 5.74) is 0.863. The summed E-state index contributed by atoms with van der Waals surface area (Å²) in [6, 6.07) is 3.30. The van der Waals surface area contributed by atoms with Crippen LogP contribution in [0.4, 0.5) is 4.79 Å². The molecule has 1 aromatic rings. The second-order valence-electron chi connectivity index (χ2n) is 12.9. The van der Waals surface area contributed by atoms with E-state index in [1.807, 2.05) is 13.1 Å². The fourth-order valence-corrected chi connectivity index (χ4v) is 7.82. The summed E-state index contributed by atoms with van der Waals surface area (Å²) in [5, 5.41) is 22.7. The number of rotatable bonds is 13. The van der Waals surface area contributed by atoms with E-state index in [1.165, 1.54) is 11.8 Å². The van der Waals surface area contributed by atoms with Gasteiger partial charge in [-0.05, 0) is 76.7 Å². The summed E-state index contributed by atoms with van der Waals surface area (Å²) in [4.78, 5) is 41.6. The topological polar surface area (TPSA) is 141 Å². The van der Waals surface area contributed by atoms with Gasteiger partial charge in [0.05, 0.1) is 24.2 Å². The number of benzene rings is 1. The summed E-state index contributed by atoms with van der Waals surface area (Å²) in [5.74, 6) is 1.28. The predicted molar refractivity (Wildman–Crippen MR) is 164 cm³/mol. The van der Waals surface area contributed by atoms with Crippen molar-refractivity contribution >= 4 is 23.5 Å². The lowest BCUT2D eigenvalue weighted by Gasteiger charge is -2.61. The number of carbonyl (C=O) groups is 3. The van der Waals surface area contributed by atoms with E-state index in [0.717, 1.165) is 30.5 Å². The van der Waals surface area contributed by atoms with Gasteiger partial charge in [-0.1, -0.05) is 12.5 Å². The molecule has 2 bridgehead atoms. The molecule has 0 radical (unpaired) electrons. The highest BCUT2D eigenvalue weighted by atomic mass is 16.6. The van der Waals surface area contributed by atoms with Gasteiger partial charge in [0, 0.05) is 50.7 Å². The number of likely N-dealkylation sites (N-methyl/N-ethyl adjacent to an activating group) is 1. The van der Waals surface area contributed by atoms with Crippen LogP contribution in [0.3, 0.4) is 0 Å². The molecule has 11 nitrogen and oxygen atoms in total. The summed E-state index contributed by atoms with van der Waals surface area (Å²) >= 11 is 0. The highest BCUT2D eigenvalue weighted by Crippen LogP contribution is 2.65. The molecule has 2 aliphatic carbocycles. The highest BCUT2D eigenvalue weighted by molar-refractivity contribution is 5.88. The second kappa shape index (κ2) is 12.5. The minimum Gasteiger partial charge on any atom is -0.493 e. The fourth-order valence-electron chi connectivity index (χ4n) is 7.82. The minimum atomic E-state index is -1.08. The van der Waals surface area contributed by atoms with Crippen molar-refractivity contribution < 1.29 is 33.7 Å². The van der Waals surface area contributed by atoms with Crippen LogP contribution in [0.15, 0.2) is 24.0 Å². The fraction of sp³-hybridized carbons (Fsp3) is 0.636. The molecule has 5 rings (SSSR count). The molecule has 1 fully saturated rings. The van der Waals surface area contributed by atoms with Crippen LogP contribution in [0.5, 0.6) is 11.5 Å². The Labute approximate surface area is 259 Å². The first-order valence-corrected chi connectivity index (χ1v) is 15.7. The van der Waals surface area contributed by atoms with E-state index in [1.54, 1.807) is 27.2 Å². The lowest BCUT2D eigenvalue weighted by Crippen LogP contribution is -2.74. The Morgan fingerprint density at radius 1 is 1.23 bits per heavy atom. The second-order valence-corrected chi connectivity index (χ2v) is 12.9. The average Bonchev–Trinajstić information content (AvgIpc) is 3.33. The van der Waals surface area contributed by atoms with Gasteiger partial charge >= 0.3 is 6.09 Å². The largest absolute Gasteiger partial charge is 0.493 e. The van der Waals surface area contributed by atoms with Crippen molar-refractivity contribution in [3.63, 3.8) is 0 Å². The number of amides is 2. The molecule has 2 heterocycles. The zero-order chi connectivity index (χ0) is 31.8. The number of nitrogens with zero attached hydrogens (tertiary/aromatic N) is 2. The third kappa shape index (κ3) is 5.49. The monoisotopic (exact) mass is 610 g/mol. The number of piperidine rings is 1. The minimum absolute atomic E-state index is 0.0714. The van der Waals surface area contributed by atoms with Gasteiger partial charge in [0.25, 0.3) is 0 Å². The molecular weight excluding hydrogens is 564 g/mol. The lowest BCUT2D eigenvalue weighted by atomic mass is 9.50. The number of hydrogen-bond donors (Lipinski definition) is 3. The van der Waals surface area contributed by atoms with Crippen LogP contribution in [0.1, 0.15) is 76.3 Å². The van der Waals surface area contributed by atoms with Crippen molar-refractivity contribution in [3.8, 4) is 11.5 Å². The number of likely N-dealkylation sites (tertiary alicyclic amines) is 1. The summed E-state index contributed by atoms with van der Waals surface area (Å²) in [7, 11) is 5.28. The molecular formula is C33H46N4O7. The Morgan fingerprint density at radius 2 is 2.00 bits per heavy atom. The molecule has 1 spiro atoms. The number of Topliss-reactive ketones (excluding diaryl/α,β-unsaturated/α-hetero) is 1. The van der Waals surface area contributed by atoms with Gasteiger partial charge in [-0.2, -0.15) is 0 Å². The maximum atomic E-state index is 13.3. The van der Waals surface area contributed by atoms with Crippen LogP contribution in [0.25, 0.3) is 0 Å². The molecule has 5 atom stereocenters. The zero-order valence-corrected chi connectivity index (χ0v) is 26.5. The van der Waals surface area contributed by atoms with Crippen molar-refractivity contribution in [3.05, 3.63) is 35.1 Å². The van der Waals surface area contributed by atoms with E-state index in [2.05, 4.69) is 16.3 Å². The number of carbonyl (C=O) groups excluding carboxylic acids is 3. The Kier molecular flexibility index (Phi) is 9.09. The van der Waals surface area contributed by atoms with Crippen molar-refractivity contribution in [1.29, 1.82) is 5.41 Å². The smallest absolute Gasteiger partial charge is 0.414 e. The van der Waals surface area contributed by atoms with Crippen LogP contribution in [0.2, 0.25) is 0 Å². The molecule has 2 aliphatic heterocycles. The molecule has 0 saturated carbocycles. The quantitative estimate of drug-likeness (QED) is 0.228. The number of methoxy groups -OCH3 is 1. The highest BCUT2D eigenvalue weighted by Gasteiger charge is 2.72. The molecule has 1 saturated heterocycles. The van der Waals surface area contributed by atoms with Crippen LogP contribution in [-0.2, 0) is 26.2 Å². The maximum absolute atomic E-state index is 13.3. The summed E-state index contributed by atoms with van der Waals surface area (Å²) in [6.07, 6.45) is 5.63. The van der Waals surface area contributed by atoms with E-state index < -0.39 is 29.3 Å². The van der Waals surface area contributed by atoms with Crippen molar-refractivity contribution in [2.45, 2.75) is 101 Å². The van der Waals surface area contributed by atoms with E-state index in [-0.39, 0.29) is 24.2 Å². The first-order valence-electron chi connectivity index (χ1n) is 15.7. The van der Waals surface area contributed by atoms with E-state index >= 15 is 0 Å². The Balaban J connectivity index is 1.24. The molecule has 2 unspecified atom stereocenters. The molecule has 11 heteroatoms.